The number of rotatable bonds is 3. The molecule has 70 valence electrons. The number of esters is 1. The Labute approximate surface area is 75.4 Å². The fourth-order valence-corrected chi connectivity index (χ4v) is 0.869. The van der Waals surface area contributed by atoms with Crippen molar-refractivity contribution >= 4 is 5.97 Å². The van der Waals surface area contributed by atoms with Crippen LogP contribution in [0.15, 0.2) is 12.3 Å². The van der Waals surface area contributed by atoms with Crippen molar-refractivity contribution in [1.29, 1.82) is 0 Å². The van der Waals surface area contributed by atoms with Gasteiger partial charge in [0.2, 0.25) is 5.88 Å². The molecule has 0 saturated carbocycles. The largest absolute Gasteiger partial charge is 0.492 e. The quantitative estimate of drug-likeness (QED) is 0.680. The first-order valence-corrected chi connectivity index (χ1v) is 3.88. The summed E-state index contributed by atoms with van der Waals surface area (Å²) in [5.41, 5.74) is 0.589. The fourth-order valence-electron chi connectivity index (χ4n) is 0.869. The number of carbonyl (C=O) groups excluding carboxylic acids is 1. The second-order valence-electron chi connectivity index (χ2n) is 2.40. The van der Waals surface area contributed by atoms with E-state index in [9.17, 15) is 4.79 Å². The highest BCUT2D eigenvalue weighted by molar-refractivity contribution is 5.72. The molecule has 0 amide bonds. The van der Waals surface area contributed by atoms with Crippen molar-refractivity contribution in [1.82, 2.24) is 10.2 Å². The lowest BCUT2D eigenvalue weighted by atomic mass is 10.2. The molecule has 0 aromatic carbocycles. The SMILES string of the molecule is CCOC(=O)Cc1cnnc(O)c1. The van der Waals surface area contributed by atoms with Gasteiger partial charge in [-0.25, -0.2) is 0 Å². The van der Waals surface area contributed by atoms with Gasteiger partial charge in [0.05, 0.1) is 19.2 Å². The van der Waals surface area contributed by atoms with Crippen LogP contribution in [0, 0.1) is 0 Å². The molecule has 0 aliphatic rings. The van der Waals surface area contributed by atoms with E-state index in [1.54, 1.807) is 6.92 Å². The summed E-state index contributed by atoms with van der Waals surface area (Å²) >= 11 is 0. The zero-order valence-electron chi connectivity index (χ0n) is 7.23. The molecule has 0 unspecified atom stereocenters. The topological polar surface area (TPSA) is 72.3 Å². The number of aromatic hydroxyl groups is 1. The molecule has 5 nitrogen and oxygen atoms in total. The Balaban J connectivity index is 2.58. The zero-order valence-corrected chi connectivity index (χ0v) is 7.23. The first-order chi connectivity index (χ1) is 6.22. The van der Waals surface area contributed by atoms with Gasteiger partial charge in [-0.3, -0.25) is 4.79 Å². The third-order valence-corrected chi connectivity index (χ3v) is 1.35. The number of hydrogen-bond acceptors (Lipinski definition) is 5. The summed E-state index contributed by atoms with van der Waals surface area (Å²) in [6.07, 6.45) is 1.52. The third-order valence-electron chi connectivity index (χ3n) is 1.35. The van der Waals surface area contributed by atoms with E-state index in [0.29, 0.717) is 12.2 Å². The Morgan fingerprint density at radius 3 is 3.08 bits per heavy atom. The molecule has 1 N–H and O–H groups in total. The monoisotopic (exact) mass is 182 g/mol. The van der Waals surface area contributed by atoms with Crippen LogP contribution in [0.25, 0.3) is 0 Å². The lowest BCUT2D eigenvalue weighted by Crippen LogP contribution is -2.07. The van der Waals surface area contributed by atoms with E-state index in [0.717, 1.165) is 0 Å². The van der Waals surface area contributed by atoms with Gasteiger partial charge in [0.15, 0.2) is 0 Å². The maximum atomic E-state index is 11.0. The number of nitrogens with zero attached hydrogens (tertiary/aromatic N) is 2. The molecule has 0 fully saturated rings. The highest BCUT2D eigenvalue weighted by atomic mass is 16.5. The second kappa shape index (κ2) is 4.39. The molecule has 5 heteroatoms. The van der Waals surface area contributed by atoms with Gasteiger partial charge in [-0.15, -0.1) is 5.10 Å². The molecule has 1 aromatic heterocycles. The zero-order chi connectivity index (χ0) is 9.68. The van der Waals surface area contributed by atoms with Gasteiger partial charge >= 0.3 is 5.97 Å². The molecular formula is C8H10N2O3. The maximum absolute atomic E-state index is 11.0. The van der Waals surface area contributed by atoms with Crippen molar-refractivity contribution in [2.45, 2.75) is 13.3 Å². The van der Waals surface area contributed by atoms with Crippen LogP contribution in [0.4, 0.5) is 0 Å². The number of carbonyl (C=O) groups is 1. The number of hydrogen-bond donors (Lipinski definition) is 1. The van der Waals surface area contributed by atoms with Gasteiger partial charge in [0.1, 0.15) is 0 Å². The van der Waals surface area contributed by atoms with E-state index in [4.69, 9.17) is 9.84 Å². The lowest BCUT2D eigenvalue weighted by molar-refractivity contribution is -0.142. The highest BCUT2D eigenvalue weighted by Gasteiger charge is 2.04. The molecule has 0 saturated heterocycles. The van der Waals surface area contributed by atoms with E-state index >= 15 is 0 Å². The highest BCUT2D eigenvalue weighted by Crippen LogP contribution is 2.05. The van der Waals surface area contributed by atoms with Crippen molar-refractivity contribution < 1.29 is 14.6 Å². The summed E-state index contributed by atoms with van der Waals surface area (Å²) in [7, 11) is 0. The van der Waals surface area contributed by atoms with Crippen molar-refractivity contribution in [3.63, 3.8) is 0 Å². The van der Waals surface area contributed by atoms with Gasteiger partial charge in [0, 0.05) is 6.07 Å². The summed E-state index contributed by atoms with van der Waals surface area (Å²) in [5, 5.41) is 15.8. The number of aromatic nitrogens is 2. The standard InChI is InChI=1S/C8H10N2O3/c1-2-13-8(12)4-6-3-7(11)10-9-5-6/h3,5H,2,4H2,1H3,(H,10,11). The van der Waals surface area contributed by atoms with E-state index in [1.165, 1.54) is 12.3 Å². The normalized spacial score (nSPS) is 9.62. The summed E-state index contributed by atoms with van der Waals surface area (Å²) < 4.78 is 4.72. The van der Waals surface area contributed by atoms with Gasteiger partial charge in [0.25, 0.3) is 0 Å². The molecule has 1 rings (SSSR count). The minimum absolute atomic E-state index is 0.108. The summed E-state index contributed by atoms with van der Waals surface area (Å²) in [6, 6.07) is 1.38. The summed E-state index contributed by atoms with van der Waals surface area (Å²) in [5.74, 6) is -0.531. The Hall–Kier alpha value is -1.65. The van der Waals surface area contributed by atoms with Crippen molar-refractivity contribution in [2.24, 2.45) is 0 Å². The molecule has 1 heterocycles. The van der Waals surface area contributed by atoms with Crippen LogP contribution >= 0.6 is 0 Å². The van der Waals surface area contributed by atoms with Crippen LogP contribution in [0.3, 0.4) is 0 Å². The Morgan fingerprint density at radius 2 is 2.46 bits per heavy atom. The van der Waals surface area contributed by atoms with E-state index in [2.05, 4.69) is 10.2 Å². The van der Waals surface area contributed by atoms with E-state index in [-0.39, 0.29) is 18.3 Å². The first-order valence-electron chi connectivity index (χ1n) is 3.88. The van der Waals surface area contributed by atoms with Crippen LogP contribution < -0.4 is 0 Å². The second-order valence-corrected chi connectivity index (χ2v) is 2.40. The van der Waals surface area contributed by atoms with Gasteiger partial charge in [-0.2, -0.15) is 5.10 Å². The molecule has 0 aliphatic carbocycles. The molecule has 0 atom stereocenters. The van der Waals surface area contributed by atoms with Gasteiger partial charge in [-0.1, -0.05) is 0 Å². The minimum Gasteiger partial charge on any atom is -0.492 e. The molecule has 0 spiro atoms. The van der Waals surface area contributed by atoms with E-state index < -0.39 is 0 Å². The van der Waals surface area contributed by atoms with Crippen LogP contribution in [0.1, 0.15) is 12.5 Å². The predicted molar refractivity (Wildman–Crippen MR) is 44.0 cm³/mol. The third kappa shape index (κ3) is 3.06. The molecular weight excluding hydrogens is 172 g/mol. The fraction of sp³-hybridized carbons (Fsp3) is 0.375. The Bertz CT molecular complexity index is 301. The summed E-state index contributed by atoms with van der Waals surface area (Å²) in [4.78, 5) is 11.0. The van der Waals surface area contributed by atoms with Crippen LogP contribution in [0.5, 0.6) is 5.88 Å². The van der Waals surface area contributed by atoms with Gasteiger partial charge in [-0.05, 0) is 12.5 Å². The average Bonchev–Trinajstić information content (AvgIpc) is 2.04. The smallest absolute Gasteiger partial charge is 0.310 e. The first kappa shape index (κ1) is 9.44. The molecule has 13 heavy (non-hydrogen) atoms. The molecule has 0 aliphatic heterocycles. The van der Waals surface area contributed by atoms with Crippen molar-refractivity contribution in [3.8, 4) is 5.88 Å². The minimum atomic E-state index is -0.338. The van der Waals surface area contributed by atoms with Crippen molar-refractivity contribution in [3.05, 3.63) is 17.8 Å². The predicted octanol–water partition coefficient (Wildman–Crippen LogP) is 0.288. The maximum Gasteiger partial charge on any atom is 0.310 e. The lowest BCUT2D eigenvalue weighted by Gasteiger charge is -2.00. The molecule has 1 aromatic rings. The van der Waals surface area contributed by atoms with Crippen LogP contribution in [-0.2, 0) is 16.0 Å². The van der Waals surface area contributed by atoms with Gasteiger partial charge < -0.3 is 9.84 Å². The molecule has 0 radical (unpaired) electrons. The molecule has 0 bridgehead atoms. The van der Waals surface area contributed by atoms with E-state index in [1.807, 2.05) is 0 Å². The Morgan fingerprint density at radius 1 is 1.69 bits per heavy atom. The Kier molecular flexibility index (Phi) is 3.19. The summed E-state index contributed by atoms with van der Waals surface area (Å²) in [6.45, 7) is 2.09. The van der Waals surface area contributed by atoms with Crippen LogP contribution in [0.2, 0.25) is 0 Å². The van der Waals surface area contributed by atoms with Crippen molar-refractivity contribution in [2.75, 3.05) is 6.61 Å². The average molecular weight is 182 g/mol. The number of ether oxygens (including phenoxy) is 1. The van der Waals surface area contributed by atoms with Crippen LogP contribution in [-0.4, -0.2) is 27.9 Å².